The van der Waals surface area contributed by atoms with Gasteiger partial charge in [0.25, 0.3) is 0 Å². The molecule has 17 heavy (non-hydrogen) atoms. The van der Waals surface area contributed by atoms with E-state index >= 15 is 0 Å². The summed E-state index contributed by atoms with van der Waals surface area (Å²) in [5.41, 5.74) is 0. The van der Waals surface area contributed by atoms with Gasteiger partial charge in [-0.25, -0.2) is 4.99 Å². The van der Waals surface area contributed by atoms with E-state index in [1.165, 1.54) is 25.7 Å². The van der Waals surface area contributed by atoms with Crippen molar-refractivity contribution in [2.45, 2.75) is 32.6 Å². The molecular weight excluding hydrogens is 232 g/mol. The van der Waals surface area contributed by atoms with Crippen molar-refractivity contribution in [1.82, 2.24) is 4.90 Å². The number of nitrogens with zero attached hydrogens (tertiary/aromatic N) is 2. The summed E-state index contributed by atoms with van der Waals surface area (Å²) in [4.78, 5) is 6.58. The molecule has 0 aromatic carbocycles. The first-order valence-electron chi connectivity index (χ1n) is 6.50. The fourth-order valence-corrected chi connectivity index (χ4v) is 2.54. The lowest BCUT2D eigenvalue weighted by Gasteiger charge is -2.33. The third-order valence-corrected chi connectivity index (χ3v) is 4.12. The molecule has 1 heterocycles. The summed E-state index contributed by atoms with van der Waals surface area (Å²) in [5, 5.41) is 0.666. The summed E-state index contributed by atoms with van der Waals surface area (Å²) in [6.45, 7) is 8.12. The largest absolute Gasteiger partial charge is 0.357 e. The van der Waals surface area contributed by atoms with Crippen LogP contribution in [0.15, 0.2) is 28.5 Å². The Labute approximate surface area is 109 Å². The Hall–Kier alpha value is -0.760. The molecule has 0 bridgehead atoms. The summed E-state index contributed by atoms with van der Waals surface area (Å²) in [6.07, 6.45) is 9.03. The molecule has 0 aromatic rings. The highest BCUT2D eigenvalue weighted by molar-refractivity contribution is 6.39. The van der Waals surface area contributed by atoms with Crippen LogP contribution in [0.25, 0.3) is 0 Å². The molecule has 1 aliphatic carbocycles. The fourth-order valence-electron chi connectivity index (χ4n) is 2.49. The minimum absolute atomic E-state index is 0.666. The van der Waals surface area contributed by atoms with Crippen molar-refractivity contribution in [1.29, 1.82) is 0 Å². The van der Waals surface area contributed by atoms with Crippen LogP contribution in [0, 0.1) is 11.8 Å². The number of hydrogen-bond acceptors (Lipinski definition) is 2. The van der Waals surface area contributed by atoms with Gasteiger partial charge in [-0.05, 0) is 44.4 Å². The molecule has 2 fully saturated rings. The number of rotatable bonds is 4. The van der Waals surface area contributed by atoms with Crippen LogP contribution in [0.2, 0.25) is 0 Å². The Morgan fingerprint density at radius 2 is 1.82 bits per heavy atom. The van der Waals surface area contributed by atoms with E-state index in [4.69, 9.17) is 11.6 Å². The topological polar surface area (TPSA) is 15.6 Å². The minimum atomic E-state index is 0.666. The first kappa shape index (κ1) is 12.7. The number of halogens is 1. The van der Waals surface area contributed by atoms with E-state index in [2.05, 4.69) is 16.5 Å². The molecule has 0 N–H and O–H groups in total. The molecule has 2 nitrogen and oxygen atoms in total. The van der Waals surface area contributed by atoms with Crippen LogP contribution in [0.4, 0.5) is 0 Å². The molecule has 0 spiro atoms. The first-order valence-corrected chi connectivity index (χ1v) is 6.88. The predicted molar refractivity (Wildman–Crippen MR) is 74.3 cm³/mol. The summed E-state index contributed by atoms with van der Waals surface area (Å²) < 4.78 is 0. The number of allylic oxidation sites excluding steroid dienone is 2. The molecule has 0 radical (unpaired) electrons. The van der Waals surface area contributed by atoms with Gasteiger partial charge in [0.2, 0.25) is 0 Å². The molecule has 0 unspecified atom stereocenters. The normalized spacial score (nSPS) is 23.4. The maximum Gasteiger partial charge on any atom is 0.121 e. The Kier molecular flexibility index (Phi) is 4.27. The van der Waals surface area contributed by atoms with E-state index in [-0.39, 0.29) is 0 Å². The molecule has 1 aliphatic heterocycles. The molecule has 0 aromatic heterocycles. The van der Waals surface area contributed by atoms with Gasteiger partial charge < -0.3 is 4.90 Å². The molecule has 2 aliphatic rings. The lowest BCUT2D eigenvalue weighted by Crippen LogP contribution is -2.33. The SMILES string of the molecule is C=C(/N=C\C(Cl)=C/C)N1CCC(C2CC2)CC1. The predicted octanol–water partition coefficient (Wildman–Crippen LogP) is 3.79. The van der Waals surface area contributed by atoms with Crippen molar-refractivity contribution in [3.8, 4) is 0 Å². The van der Waals surface area contributed by atoms with E-state index in [9.17, 15) is 0 Å². The quantitative estimate of drug-likeness (QED) is 0.695. The maximum atomic E-state index is 5.87. The van der Waals surface area contributed by atoms with Gasteiger partial charge in [0.05, 0.1) is 5.03 Å². The van der Waals surface area contributed by atoms with Crippen LogP contribution in [0.3, 0.4) is 0 Å². The zero-order valence-electron chi connectivity index (χ0n) is 10.5. The fraction of sp³-hybridized carbons (Fsp3) is 0.643. The molecule has 94 valence electrons. The van der Waals surface area contributed by atoms with Gasteiger partial charge in [-0.3, -0.25) is 0 Å². The summed E-state index contributed by atoms with van der Waals surface area (Å²) >= 11 is 5.87. The smallest absolute Gasteiger partial charge is 0.121 e. The van der Waals surface area contributed by atoms with E-state index in [1.807, 2.05) is 13.0 Å². The van der Waals surface area contributed by atoms with Gasteiger partial charge in [-0.2, -0.15) is 0 Å². The maximum absolute atomic E-state index is 5.87. The monoisotopic (exact) mass is 252 g/mol. The van der Waals surface area contributed by atoms with E-state index in [0.29, 0.717) is 5.03 Å². The summed E-state index contributed by atoms with van der Waals surface area (Å²) in [5.74, 6) is 2.84. The van der Waals surface area contributed by atoms with Crippen LogP contribution in [-0.2, 0) is 0 Å². The lowest BCUT2D eigenvalue weighted by molar-refractivity contribution is 0.210. The Morgan fingerprint density at radius 1 is 1.24 bits per heavy atom. The second-order valence-electron chi connectivity index (χ2n) is 5.01. The zero-order valence-corrected chi connectivity index (χ0v) is 11.3. The van der Waals surface area contributed by atoms with Gasteiger partial charge >= 0.3 is 0 Å². The van der Waals surface area contributed by atoms with Gasteiger partial charge in [0.1, 0.15) is 5.82 Å². The first-order chi connectivity index (χ1) is 8.20. The van der Waals surface area contributed by atoms with Gasteiger partial charge in [-0.1, -0.05) is 24.3 Å². The Balaban J connectivity index is 1.79. The van der Waals surface area contributed by atoms with Crippen molar-refractivity contribution >= 4 is 17.8 Å². The highest BCUT2D eigenvalue weighted by Gasteiger charge is 2.33. The van der Waals surface area contributed by atoms with Crippen LogP contribution in [0.1, 0.15) is 32.6 Å². The highest BCUT2D eigenvalue weighted by Crippen LogP contribution is 2.42. The van der Waals surface area contributed by atoms with Crippen LogP contribution in [0.5, 0.6) is 0 Å². The molecule has 3 heteroatoms. The average Bonchev–Trinajstić information content (AvgIpc) is 3.20. The minimum Gasteiger partial charge on any atom is -0.357 e. The van der Waals surface area contributed by atoms with Gasteiger partial charge in [0.15, 0.2) is 0 Å². The van der Waals surface area contributed by atoms with Crippen molar-refractivity contribution < 1.29 is 0 Å². The zero-order chi connectivity index (χ0) is 12.3. The van der Waals surface area contributed by atoms with E-state index < -0.39 is 0 Å². The Morgan fingerprint density at radius 3 is 2.35 bits per heavy atom. The number of piperidine rings is 1. The number of aliphatic imine (C=N–C) groups is 1. The van der Waals surface area contributed by atoms with Crippen molar-refractivity contribution in [2.75, 3.05) is 13.1 Å². The second kappa shape index (κ2) is 5.72. The van der Waals surface area contributed by atoms with Crippen LogP contribution in [-0.4, -0.2) is 24.2 Å². The average molecular weight is 253 g/mol. The lowest BCUT2D eigenvalue weighted by atomic mass is 9.92. The van der Waals surface area contributed by atoms with Crippen molar-refractivity contribution in [3.63, 3.8) is 0 Å². The summed E-state index contributed by atoms with van der Waals surface area (Å²) in [6, 6.07) is 0. The molecule has 0 amide bonds. The molecule has 1 saturated heterocycles. The van der Waals surface area contributed by atoms with E-state index in [1.54, 1.807) is 6.21 Å². The van der Waals surface area contributed by atoms with Gasteiger partial charge in [-0.15, -0.1) is 0 Å². The molecule has 1 saturated carbocycles. The van der Waals surface area contributed by atoms with E-state index in [0.717, 1.165) is 30.7 Å². The van der Waals surface area contributed by atoms with Crippen molar-refractivity contribution in [3.05, 3.63) is 23.5 Å². The third-order valence-electron chi connectivity index (χ3n) is 3.81. The third kappa shape index (κ3) is 3.60. The number of hydrogen-bond donors (Lipinski definition) is 0. The van der Waals surface area contributed by atoms with Crippen LogP contribution >= 0.6 is 11.6 Å². The summed E-state index contributed by atoms with van der Waals surface area (Å²) in [7, 11) is 0. The molecule has 0 atom stereocenters. The molecular formula is C14H21ClN2. The molecule has 2 rings (SSSR count). The van der Waals surface area contributed by atoms with Gasteiger partial charge in [0, 0.05) is 19.3 Å². The standard InChI is InChI=1S/C14H21ClN2/c1-3-14(15)10-16-11(2)17-8-6-13(7-9-17)12-4-5-12/h3,10,12-13H,2,4-9H2,1H3/b14-3+,16-10-. The van der Waals surface area contributed by atoms with Crippen molar-refractivity contribution in [2.24, 2.45) is 16.8 Å². The van der Waals surface area contributed by atoms with Crippen LogP contribution < -0.4 is 0 Å². The number of likely N-dealkylation sites (tertiary alicyclic amines) is 1. The highest BCUT2D eigenvalue weighted by atomic mass is 35.5. The Bertz CT molecular complexity index is 334. The second-order valence-corrected chi connectivity index (χ2v) is 5.45.